The molecular weight excluding hydrogens is 256 g/mol. The van der Waals surface area contributed by atoms with Gasteiger partial charge in [-0.25, -0.2) is 0 Å². The topological polar surface area (TPSA) is 83.0 Å². The van der Waals surface area contributed by atoms with Crippen LogP contribution in [-0.2, 0) is 0 Å². The van der Waals surface area contributed by atoms with E-state index >= 15 is 0 Å². The van der Waals surface area contributed by atoms with E-state index in [1.54, 1.807) is 6.07 Å². The minimum atomic E-state index is -0.194. The van der Waals surface area contributed by atoms with E-state index in [0.29, 0.717) is 23.7 Å². The van der Waals surface area contributed by atoms with Gasteiger partial charge < -0.3 is 15.1 Å². The number of nitrogens with zero attached hydrogens (tertiary/aromatic N) is 1. The molecule has 0 spiro atoms. The van der Waals surface area contributed by atoms with Crippen molar-refractivity contribution in [1.82, 2.24) is 20.8 Å². The molecule has 1 atom stereocenters. The number of carbonyl (C=O) groups excluding carboxylic acids is 1. The molecule has 6 heteroatoms. The highest BCUT2D eigenvalue weighted by atomic mass is 16.3. The van der Waals surface area contributed by atoms with Gasteiger partial charge in [0, 0.05) is 18.7 Å². The fourth-order valence-electron chi connectivity index (χ4n) is 1.90. The third-order valence-corrected chi connectivity index (χ3v) is 2.94. The molecule has 2 heterocycles. The Morgan fingerprint density at radius 2 is 2.30 bits per heavy atom. The average Bonchev–Trinajstić information content (AvgIpc) is 3.04. The SMILES string of the molecule is CCN[C@H](C)CNC(=O)c1cc(-c2ccc(C)o2)[nH]n1. The first-order chi connectivity index (χ1) is 9.60. The number of hydrogen-bond acceptors (Lipinski definition) is 4. The Balaban J connectivity index is 1.96. The van der Waals surface area contributed by atoms with Gasteiger partial charge in [-0.1, -0.05) is 6.92 Å². The molecule has 0 saturated carbocycles. The molecule has 0 aliphatic rings. The fraction of sp³-hybridized carbons (Fsp3) is 0.429. The summed E-state index contributed by atoms with van der Waals surface area (Å²) in [7, 11) is 0. The zero-order chi connectivity index (χ0) is 14.5. The zero-order valence-corrected chi connectivity index (χ0v) is 12.0. The van der Waals surface area contributed by atoms with Crippen LogP contribution >= 0.6 is 0 Å². The standard InChI is InChI=1S/C14H20N4O2/c1-4-15-9(2)8-16-14(19)12-7-11(17-18-12)13-6-5-10(3)20-13/h5-7,9,15H,4,8H2,1-3H3,(H,16,19)(H,17,18)/t9-/m1/s1. The number of nitrogens with one attached hydrogen (secondary N) is 3. The highest BCUT2D eigenvalue weighted by molar-refractivity contribution is 5.93. The molecule has 2 aromatic rings. The summed E-state index contributed by atoms with van der Waals surface area (Å²) in [5.41, 5.74) is 1.06. The van der Waals surface area contributed by atoms with Crippen LogP contribution < -0.4 is 10.6 Å². The van der Waals surface area contributed by atoms with E-state index in [1.807, 2.05) is 32.9 Å². The van der Waals surface area contributed by atoms with E-state index < -0.39 is 0 Å². The number of H-pyrrole nitrogens is 1. The van der Waals surface area contributed by atoms with Gasteiger partial charge in [0.05, 0.1) is 0 Å². The van der Waals surface area contributed by atoms with Crippen molar-refractivity contribution in [3.8, 4) is 11.5 Å². The number of likely N-dealkylation sites (N-methyl/N-ethyl adjacent to an activating group) is 1. The molecular formula is C14H20N4O2. The van der Waals surface area contributed by atoms with Crippen LogP contribution in [0.2, 0.25) is 0 Å². The summed E-state index contributed by atoms with van der Waals surface area (Å²) in [6.07, 6.45) is 0. The van der Waals surface area contributed by atoms with Crippen molar-refractivity contribution < 1.29 is 9.21 Å². The Labute approximate surface area is 117 Å². The maximum Gasteiger partial charge on any atom is 0.271 e. The molecule has 6 nitrogen and oxygen atoms in total. The molecule has 20 heavy (non-hydrogen) atoms. The molecule has 1 amide bonds. The maximum atomic E-state index is 12.0. The molecule has 108 valence electrons. The summed E-state index contributed by atoms with van der Waals surface area (Å²) in [6, 6.07) is 5.63. The van der Waals surface area contributed by atoms with Crippen molar-refractivity contribution in [2.45, 2.75) is 26.8 Å². The number of amides is 1. The van der Waals surface area contributed by atoms with Crippen LogP contribution in [0.5, 0.6) is 0 Å². The zero-order valence-electron chi connectivity index (χ0n) is 12.0. The maximum absolute atomic E-state index is 12.0. The van der Waals surface area contributed by atoms with E-state index in [2.05, 4.69) is 20.8 Å². The van der Waals surface area contributed by atoms with Gasteiger partial charge in [-0.05, 0) is 32.5 Å². The highest BCUT2D eigenvalue weighted by Gasteiger charge is 2.13. The van der Waals surface area contributed by atoms with Crippen molar-refractivity contribution in [2.24, 2.45) is 0 Å². The first-order valence-electron chi connectivity index (χ1n) is 6.74. The van der Waals surface area contributed by atoms with Gasteiger partial charge in [0.15, 0.2) is 11.5 Å². The Morgan fingerprint density at radius 1 is 1.50 bits per heavy atom. The van der Waals surface area contributed by atoms with E-state index in [1.165, 1.54) is 0 Å². The van der Waals surface area contributed by atoms with Gasteiger partial charge in [-0.3, -0.25) is 9.89 Å². The quantitative estimate of drug-likeness (QED) is 0.750. The molecule has 0 unspecified atom stereocenters. The number of aryl methyl sites for hydroxylation is 1. The number of aromatic amines is 1. The molecule has 0 fully saturated rings. The molecule has 0 radical (unpaired) electrons. The van der Waals surface area contributed by atoms with Crippen LogP contribution in [0.4, 0.5) is 0 Å². The van der Waals surface area contributed by atoms with E-state index in [-0.39, 0.29) is 11.9 Å². The summed E-state index contributed by atoms with van der Waals surface area (Å²) in [4.78, 5) is 12.0. The van der Waals surface area contributed by atoms with Crippen molar-refractivity contribution in [3.05, 3.63) is 29.7 Å². The lowest BCUT2D eigenvalue weighted by Crippen LogP contribution is -2.38. The van der Waals surface area contributed by atoms with Crippen LogP contribution in [0.3, 0.4) is 0 Å². The summed E-state index contributed by atoms with van der Waals surface area (Å²) >= 11 is 0. The Bertz CT molecular complexity index is 573. The van der Waals surface area contributed by atoms with Crippen LogP contribution in [0.1, 0.15) is 30.1 Å². The monoisotopic (exact) mass is 276 g/mol. The molecule has 0 bridgehead atoms. The third-order valence-electron chi connectivity index (χ3n) is 2.94. The Hall–Kier alpha value is -2.08. The van der Waals surface area contributed by atoms with Gasteiger partial charge in [-0.2, -0.15) is 5.10 Å². The minimum absolute atomic E-state index is 0.194. The first kappa shape index (κ1) is 14.3. The fourth-order valence-corrected chi connectivity index (χ4v) is 1.90. The molecule has 0 aliphatic carbocycles. The summed E-state index contributed by atoms with van der Waals surface area (Å²) < 4.78 is 5.48. The largest absolute Gasteiger partial charge is 0.460 e. The lowest BCUT2D eigenvalue weighted by atomic mass is 10.3. The van der Waals surface area contributed by atoms with E-state index in [9.17, 15) is 4.79 Å². The summed E-state index contributed by atoms with van der Waals surface area (Å²) in [6.45, 7) is 7.36. The number of rotatable bonds is 6. The Kier molecular flexibility index (Phi) is 4.57. The molecule has 0 aliphatic heterocycles. The van der Waals surface area contributed by atoms with Gasteiger partial charge >= 0.3 is 0 Å². The van der Waals surface area contributed by atoms with Crippen molar-refractivity contribution >= 4 is 5.91 Å². The van der Waals surface area contributed by atoms with Gasteiger partial charge in [0.2, 0.25) is 0 Å². The van der Waals surface area contributed by atoms with Crippen molar-refractivity contribution in [1.29, 1.82) is 0 Å². The van der Waals surface area contributed by atoms with Crippen LogP contribution in [-0.4, -0.2) is 35.2 Å². The van der Waals surface area contributed by atoms with Crippen molar-refractivity contribution in [3.63, 3.8) is 0 Å². The van der Waals surface area contributed by atoms with Gasteiger partial charge in [0.25, 0.3) is 5.91 Å². The second kappa shape index (κ2) is 6.38. The van der Waals surface area contributed by atoms with Crippen LogP contribution in [0.15, 0.2) is 22.6 Å². The average molecular weight is 276 g/mol. The molecule has 0 saturated heterocycles. The van der Waals surface area contributed by atoms with Crippen molar-refractivity contribution in [2.75, 3.05) is 13.1 Å². The number of carbonyl (C=O) groups is 1. The van der Waals surface area contributed by atoms with Gasteiger partial charge in [-0.15, -0.1) is 0 Å². The first-order valence-corrected chi connectivity index (χ1v) is 6.74. The summed E-state index contributed by atoms with van der Waals surface area (Å²) in [5, 5.41) is 12.9. The Morgan fingerprint density at radius 3 is 2.95 bits per heavy atom. The second-order valence-corrected chi connectivity index (χ2v) is 4.75. The van der Waals surface area contributed by atoms with E-state index in [4.69, 9.17) is 4.42 Å². The smallest absolute Gasteiger partial charge is 0.271 e. The normalized spacial score (nSPS) is 12.3. The molecule has 2 rings (SSSR count). The number of hydrogen-bond donors (Lipinski definition) is 3. The molecule has 0 aromatic carbocycles. The van der Waals surface area contributed by atoms with Crippen LogP contribution in [0, 0.1) is 6.92 Å². The predicted octanol–water partition coefficient (Wildman–Crippen LogP) is 1.71. The number of aromatic nitrogens is 2. The minimum Gasteiger partial charge on any atom is -0.460 e. The molecule has 2 aromatic heterocycles. The highest BCUT2D eigenvalue weighted by Crippen LogP contribution is 2.20. The number of furan rings is 1. The summed E-state index contributed by atoms with van der Waals surface area (Å²) in [5.74, 6) is 1.30. The van der Waals surface area contributed by atoms with Gasteiger partial charge in [0.1, 0.15) is 11.5 Å². The van der Waals surface area contributed by atoms with E-state index in [0.717, 1.165) is 12.3 Å². The lowest BCUT2D eigenvalue weighted by molar-refractivity contribution is 0.0945. The van der Waals surface area contributed by atoms with Crippen LogP contribution in [0.25, 0.3) is 11.5 Å². The third kappa shape index (κ3) is 3.48. The lowest BCUT2D eigenvalue weighted by Gasteiger charge is -2.12. The predicted molar refractivity (Wildman–Crippen MR) is 76.5 cm³/mol. The molecule has 3 N–H and O–H groups in total. The second-order valence-electron chi connectivity index (χ2n) is 4.75.